The minimum absolute atomic E-state index is 0.368. The van der Waals surface area contributed by atoms with Gasteiger partial charge in [0.1, 0.15) is 12.1 Å². The van der Waals surface area contributed by atoms with Crippen LogP contribution in [0.15, 0.2) is 0 Å². The van der Waals surface area contributed by atoms with Crippen molar-refractivity contribution in [1.82, 2.24) is 15.1 Å². The molecule has 2 heterocycles. The lowest BCUT2D eigenvalue weighted by Crippen LogP contribution is -2.51. The predicted molar refractivity (Wildman–Crippen MR) is 69.5 cm³/mol. The normalized spacial score (nSPS) is 27.5. The van der Waals surface area contributed by atoms with Crippen LogP contribution in [0.5, 0.6) is 0 Å². The van der Waals surface area contributed by atoms with Crippen LogP contribution in [0.1, 0.15) is 26.2 Å². The van der Waals surface area contributed by atoms with Gasteiger partial charge in [-0.15, -0.1) is 0 Å². The van der Waals surface area contributed by atoms with Crippen molar-refractivity contribution in [3.63, 3.8) is 0 Å². The molecule has 0 bridgehead atoms. The van der Waals surface area contributed by atoms with Crippen molar-refractivity contribution in [2.45, 2.75) is 44.2 Å². The summed E-state index contributed by atoms with van der Waals surface area (Å²) in [5.41, 5.74) is 0. The molecule has 2 aliphatic rings. The number of hydrogen-bond acceptors (Lipinski definition) is 3. The number of carbonyl (C=O) groups excluding carboxylic acids is 2. The summed E-state index contributed by atoms with van der Waals surface area (Å²) >= 11 is 0. The van der Waals surface area contributed by atoms with E-state index < -0.39 is 36.9 Å². The predicted octanol–water partition coefficient (Wildman–Crippen LogP) is 0.940. The van der Waals surface area contributed by atoms with Gasteiger partial charge in [-0.05, 0) is 19.8 Å². The summed E-state index contributed by atoms with van der Waals surface area (Å²) in [7, 11) is 0. The van der Waals surface area contributed by atoms with Crippen LogP contribution in [0, 0.1) is 11.3 Å². The number of nitrogens with zero attached hydrogens (tertiary/aromatic N) is 3. The number of likely N-dealkylation sites (tertiary alicyclic amines) is 2. The molecule has 2 aliphatic heterocycles. The fourth-order valence-corrected chi connectivity index (χ4v) is 2.87. The van der Waals surface area contributed by atoms with Gasteiger partial charge in [-0.2, -0.15) is 5.26 Å². The molecule has 0 spiro atoms. The number of halogens is 2. The second-order valence-electron chi connectivity index (χ2n) is 5.36. The molecule has 8 heteroatoms. The van der Waals surface area contributed by atoms with Crippen molar-refractivity contribution < 1.29 is 18.4 Å². The number of hydrogen-bond donors (Lipinski definition) is 1. The molecule has 116 valence electrons. The summed E-state index contributed by atoms with van der Waals surface area (Å²) in [5, 5.41) is 11.6. The lowest BCUT2D eigenvalue weighted by atomic mass is 10.1. The molecule has 0 unspecified atom stereocenters. The van der Waals surface area contributed by atoms with E-state index in [1.54, 1.807) is 13.0 Å². The molecule has 0 saturated carbocycles. The Hall–Kier alpha value is -1.91. The summed E-state index contributed by atoms with van der Waals surface area (Å²) < 4.78 is 26.8. The zero-order chi connectivity index (χ0) is 15.6. The third kappa shape index (κ3) is 3.06. The highest BCUT2D eigenvalue weighted by molar-refractivity contribution is 5.88. The Morgan fingerprint density at radius 2 is 2.14 bits per heavy atom. The maximum absolute atomic E-state index is 13.4. The molecule has 0 aromatic rings. The molecule has 0 aliphatic carbocycles. The average molecular weight is 300 g/mol. The van der Waals surface area contributed by atoms with Gasteiger partial charge in [0.25, 0.3) is 5.92 Å². The third-order valence-corrected chi connectivity index (χ3v) is 3.83. The molecule has 2 rings (SSSR count). The van der Waals surface area contributed by atoms with E-state index in [4.69, 9.17) is 5.26 Å². The van der Waals surface area contributed by atoms with E-state index in [0.717, 1.165) is 4.90 Å². The van der Waals surface area contributed by atoms with Gasteiger partial charge < -0.3 is 15.1 Å². The topological polar surface area (TPSA) is 76.4 Å². The van der Waals surface area contributed by atoms with Crippen molar-refractivity contribution in [3.05, 3.63) is 0 Å². The standard InChI is InChI=1S/C13H18F2N4O2/c1-2-17-12(21)18-5-3-4-10(18)11(20)19-8-13(14,15)6-9(19)7-16/h9-10H,2-6,8H2,1H3,(H,17,21)/t9-,10-/m0/s1. The molecule has 3 amide bonds. The van der Waals surface area contributed by atoms with Gasteiger partial charge in [-0.25, -0.2) is 13.6 Å². The third-order valence-electron chi connectivity index (χ3n) is 3.83. The minimum atomic E-state index is -3.04. The molecule has 0 aromatic carbocycles. The van der Waals surface area contributed by atoms with Gasteiger partial charge in [0, 0.05) is 19.5 Å². The lowest BCUT2D eigenvalue weighted by molar-refractivity contribution is -0.136. The fourth-order valence-electron chi connectivity index (χ4n) is 2.87. The Balaban J connectivity index is 2.12. The van der Waals surface area contributed by atoms with Crippen LogP contribution in [0.3, 0.4) is 0 Å². The zero-order valence-corrected chi connectivity index (χ0v) is 11.8. The molecule has 6 nitrogen and oxygen atoms in total. The lowest BCUT2D eigenvalue weighted by Gasteiger charge is -2.29. The van der Waals surface area contributed by atoms with Crippen LogP contribution in [0.25, 0.3) is 0 Å². The first kappa shape index (κ1) is 15.5. The molecule has 0 aromatic heterocycles. The highest BCUT2D eigenvalue weighted by Crippen LogP contribution is 2.33. The molecule has 0 radical (unpaired) electrons. The summed E-state index contributed by atoms with van der Waals surface area (Å²) in [6.07, 6.45) is 0.453. The zero-order valence-electron chi connectivity index (χ0n) is 11.8. The van der Waals surface area contributed by atoms with Crippen molar-refractivity contribution in [3.8, 4) is 6.07 Å². The molecule has 2 fully saturated rings. The second-order valence-corrected chi connectivity index (χ2v) is 5.36. The van der Waals surface area contributed by atoms with Crippen molar-refractivity contribution in [1.29, 1.82) is 5.26 Å². The number of nitrogens with one attached hydrogen (secondary N) is 1. The van der Waals surface area contributed by atoms with Crippen molar-refractivity contribution in [2.24, 2.45) is 0 Å². The van der Waals surface area contributed by atoms with Crippen LogP contribution < -0.4 is 5.32 Å². The van der Waals surface area contributed by atoms with Crippen molar-refractivity contribution >= 4 is 11.9 Å². The largest absolute Gasteiger partial charge is 0.338 e. The van der Waals surface area contributed by atoms with Crippen LogP contribution >= 0.6 is 0 Å². The van der Waals surface area contributed by atoms with Crippen LogP contribution in [0.4, 0.5) is 13.6 Å². The van der Waals surface area contributed by atoms with Crippen molar-refractivity contribution in [2.75, 3.05) is 19.6 Å². The number of carbonyl (C=O) groups is 2. The van der Waals surface area contributed by atoms with Gasteiger partial charge in [-0.1, -0.05) is 0 Å². The number of alkyl halides is 2. The van der Waals surface area contributed by atoms with Gasteiger partial charge >= 0.3 is 6.03 Å². The monoisotopic (exact) mass is 300 g/mol. The van der Waals surface area contributed by atoms with E-state index in [9.17, 15) is 18.4 Å². The van der Waals surface area contributed by atoms with E-state index in [2.05, 4.69) is 5.32 Å². The van der Waals surface area contributed by atoms with E-state index in [1.807, 2.05) is 0 Å². The van der Waals surface area contributed by atoms with E-state index >= 15 is 0 Å². The summed E-state index contributed by atoms with van der Waals surface area (Å²) in [6, 6.07) is -0.488. The quantitative estimate of drug-likeness (QED) is 0.824. The Morgan fingerprint density at radius 1 is 1.43 bits per heavy atom. The molecular formula is C13H18F2N4O2. The van der Waals surface area contributed by atoms with Gasteiger partial charge in [0.2, 0.25) is 5.91 Å². The minimum Gasteiger partial charge on any atom is -0.338 e. The summed E-state index contributed by atoms with van der Waals surface area (Å²) in [4.78, 5) is 26.6. The molecule has 1 N–H and O–H groups in total. The smallest absolute Gasteiger partial charge is 0.318 e. The maximum atomic E-state index is 13.4. The summed E-state index contributed by atoms with van der Waals surface area (Å²) in [6.45, 7) is 1.86. The number of urea groups is 1. The SMILES string of the molecule is CCNC(=O)N1CCC[C@H]1C(=O)N1CC(F)(F)C[C@H]1C#N. The number of rotatable bonds is 2. The molecule has 2 atom stereocenters. The molecular weight excluding hydrogens is 282 g/mol. The number of nitriles is 1. The van der Waals surface area contributed by atoms with Gasteiger partial charge in [0.15, 0.2) is 0 Å². The Morgan fingerprint density at radius 3 is 2.76 bits per heavy atom. The van der Waals surface area contributed by atoms with E-state index in [-0.39, 0.29) is 6.03 Å². The molecule has 2 saturated heterocycles. The van der Waals surface area contributed by atoms with E-state index in [0.29, 0.717) is 25.9 Å². The van der Waals surface area contributed by atoms with Gasteiger partial charge in [-0.3, -0.25) is 4.79 Å². The van der Waals surface area contributed by atoms with Crippen LogP contribution in [-0.2, 0) is 4.79 Å². The number of amides is 3. The molecule has 21 heavy (non-hydrogen) atoms. The average Bonchev–Trinajstić information content (AvgIpc) is 3.02. The van der Waals surface area contributed by atoms with Crippen LogP contribution in [0.2, 0.25) is 0 Å². The fraction of sp³-hybridized carbons (Fsp3) is 0.769. The summed E-state index contributed by atoms with van der Waals surface area (Å²) in [5.74, 6) is -3.59. The highest BCUT2D eigenvalue weighted by atomic mass is 19.3. The Bertz CT molecular complexity index is 477. The van der Waals surface area contributed by atoms with Crippen LogP contribution in [-0.4, -0.2) is 59.4 Å². The second kappa shape index (κ2) is 5.84. The Kier molecular flexibility index (Phi) is 4.30. The first-order chi connectivity index (χ1) is 9.89. The first-order valence-electron chi connectivity index (χ1n) is 7.02. The van der Waals surface area contributed by atoms with Gasteiger partial charge in [0.05, 0.1) is 12.6 Å². The first-order valence-corrected chi connectivity index (χ1v) is 7.02. The highest BCUT2D eigenvalue weighted by Gasteiger charge is 2.50. The van der Waals surface area contributed by atoms with E-state index in [1.165, 1.54) is 4.90 Å². The maximum Gasteiger partial charge on any atom is 0.318 e. The Labute approximate surface area is 121 Å².